The molecule has 250 valence electrons. The average Bonchev–Trinajstić information content (AvgIpc) is 3.03. The minimum Gasteiger partial charge on any atom is -0.373 e. The molecule has 10 nitrogen and oxygen atoms in total. The summed E-state index contributed by atoms with van der Waals surface area (Å²) in [7, 11) is -1.54. The number of nitrogens with zero attached hydrogens (tertiary/aromatic N) is 5. The predicted molar refractivity (Wildman–Crippen MR) is 165 cm³/mol. The maximum atomic E-state index is 13.5. The first-order valence-electron chi connectivity index (χ1n) is 15.9. The molecule has 3 aliphatic heterocycles. The highest BCUT2D eigenvalue weighted by Gasteiger charge is 2.36. The molecule has 5 rings (SSSR count). The molecular formula is C31H45F3N6O4S. The van der Waals surface area contributed by atoms with Gasteiger partial charge in [-0.2, -0.15) is 13.2 Å². The van der Waals surface area contributed by atoms with Crippen LogP contribution in [0, 0.1) is 12.8 Å². The van der Waals surface area contributed by atoms with Gasteiger partial charge in [0.25, 0.3) is 5.91 Å². The number of piperidine rings is 2. The van der Waals surface area contributed by atoms with E-state index in [1.165, 1.54) is 23.0 Å². The van der Waals surface area contributed by atoms with Crippen molar-refractivity contribution in [1.82, 2.24) is 24.1 Å². The molecule has 1 amide bonds. The Kier molecular flexibility index (Phi) is 10.6. The number of nitrogens with one attached hydrogen (secondary N) is 1. The minimum absolute atomic E-state index is 0.0363. The number of allylic oxidation sites excluding steroid dienone is 3. The lowest BCUT2D eigenvalue weighted by atomic mass is 9.87. The fraction of sp³-hybridized carbons (Fsp3) is 0.710. The molecule has 0 radical (unpaired) electrons. The third-order valence-corrected chi connectivity index (χ3v) is 11.3. The molecule has 3 saturated heterocycles. The van der Waals surface area contributed by atoms with Crippen molar-refractivity contribution in [2.24, 2.45) is 5.92 Å². The maximum absolute atomic E-state index is 13.5. The largest absolute Gasteiger partial charge is 0.416 e. The Morgan fingerprint density at radius 1 is 1.09 bits per heavy atom. The number of carbonyl (C=O) groups is 1. The molecule has 4 heterocycles. The SMILES string of the molecule is Cc1c(NC[C@@H]2CCC[C@H](C3C=CC(C(F)(F)F)=CC3)O2)ncnc1C(=O)N1CCC(N2CCC(N(C)S(C)(=O)=O)CC2)CC1. The summed E-state index contributed by atoms with van der Waals surface area (Å²) >= 11 is 0. The molecule has 4 aliphatic rings. The normalized spacial score (nSPS) is 26.2. The average molecular weight is 655 g/mol. The molecular weight excluding hydrogens is 609 g/mol. The van der Waals surface area contributed by atoms with Crippen molar-refractivity contribution in [3.8, 4) is 0 Å². The van der Waals surface area contributed by atoms with Gasteiger partial charge in [-0.25, -0.2) is 22.7 Å². The van der Waals surface area contributed by atoms with E-state index in [9.17, 15) is 26.4 Å². The van der Waals surface area contributed by atoms with Crippen LogP contribution in [0.25, 0.3) is 0 Å². The molecule has 1 unspecified atom stereocenters. The quantitative estimate of drug-likeness (QED) is 0.446. The van der Waals surface area contributed by atoms with Gasteiger partial charge in [0, 0.05) is 50.2 Å². The summed E-state index contributed by atoms with van der Waals surface area (Å²) in [5.74, 6) is 0.377. The minimum atomic E-state index is -4.33. The molecule has 1 N–H and O–H groups in total. The van der Waals surface area contributed by atoms with Crippen LogP contribution in [0.3, 0.4) is 0 Å². The fourth-order valence-electron chi connectivity index (χ4n) is 7.04. The topological polar surface area (TPSA) is 108 Å². The van der Waals surface area contributed by atoms with Crippen LogP contribution in [0.1, 0.15) is 67.4 Å². The third-order valence-electron chi connectivity index (χ3n) is 9.91. The maximum Gasteiger partial charge on any atom is 0.416 e. The van der Waals surface area contributed by atoms with E-state index >= 15 is 0 Å². The van der Waals surface area contributed by atoms with Gasteiger partial charge in [-0.3, -0.25) is 4.79 Å². The molecule has 1 aromatic rings. The Morgan fingerprint density at radius 3 is 2.42 bits per heavy atom. The highest BCUT2D eigenvalue weighted by atomic mass is 32.2. The van der Waals surface area contributed by atoms with Crippen molar-refractivity contribution >= 4 is 21.7 Å². The number of alkyl halides is 3. The lowest BCUT2D eigenvalue weighted by molar-refractivity contribution is -0.0899. The number of aromatic nitrogens is 2. The van der Waals surface area contributed by atoms with Gasteiger partial charge in [-0.05, 0) is 71.4 Å². The zero-order valence-corrected chi connectivity index (χ0v) is 27.1. The first-order chi connectivity index (χ1) is 21.3. The van der Waals surface area contributed by atoms with Gasteiger partial charge in [-0.15, -0.1) is 0 Å². The number of carbonyl (C=O) groups excluding carboxylic acids is 1. The first kappa shape index (κ1) is 33.8. The van der Waals surface area contributed by atoms with Gasteiger partial charge in [0.15, 0.2) is 0 Å². The van der Waals surface area contributed by atoms with Crippen LogP contribution < -0.4 is 5.32 Å². The molecule has 3 fully saturated rings. The van der Waals surface area contributed by atoms with Crippen LogP contribution in [-0.4, -0.2) is 115 Å². The van der Waals surface area contributed by atoms with Crippen LogP contribution >= 0.6 is 0 Å². The Hall–Kier alpha value is -2.55. The van der Waals surface area contributed by atoms with Crippen LogP contribution in [0.5, 0.6) is 0 Å². The molecule has 14 heteroatoms. The Balaban J connectivity index is 1.10. The fourth-order valence-corrected chi connectivity index (χ4v) is 7.79. The van der Waals surface area contributed by atoms with Gasteiger partial charge >= 0.3 is 6.18 Å². The van der Waals surface area contributed by atoms with E-state index in [2.05, 4.69) is 20.2 Å². The summed E-state index contributed by atoms with van der Waals surface area (Å²) in [6.07, 6.45) is 8.32. The number of ether oxygens (including phenoxy) is 1. The number of amides is 1. The van der Waals surface area contributed by atoms with E-state index < -0.39 is 21.8 Å². The molecule has 45 heavy (non-hydrogen) atoms. The molecule has 0 spiro atoms. The van der Waals surface area contributed by atoms with E-state index in [0.29, 0.717) is 49.2 Å². The number of hydrogen-bond acceptors (Lipinski definition) is 8. The summed E-state index contributed by atoms with van der Waals surface area (Å²) in [4.78, 5) is 26.5. The standard InChI is InChI=1S/C31H45F3N6O4S/c1-21-28(30(41)40-17-13-25(14-18-40)39-15-11-24(12-16-39)38(2)45(3,42)43)36-20-37-29(21)35-19-26-5-4-6-27(44-26)22-7-9-23(10-8-22)31(32,33)34/h7,9-10,20,22,24-27H,4-6,8,11-19H2,1-3H3,(H,35,36,37)/t22?,26-,27+/m0/s1. The van der Waals surface area contributed by atoms with Gasteiger partial charge in [0.1, 0.15) is 17.8 Å². The molecule has 0 bridgehead atoms. The zero-order valence-electron chi connectivity index (χ0n) is 26.3. The number of hydrogen-bond donors (Lipinski definition) is 1. The highest BCUT2D eigenvalue weighted by molar-refractivity contribution is 7.88. The molecule has 1 aromatic heterocycles. The van der Waals surface area contributed by atoms with Gasteiger partial charge in [0.2, 0.25) is 10.0 Å². The molecule has 3 atom stereocenters. The summed E-state index contributed by atoms with van der Waals surface area (Å²) < 4.78 is 70.6. The van der Waals surface area contributed by atoms with E-state index in [4.69, 9.17) is 4.74 Å². The second kappa shape index (κ2) is 14.1. The summed E-state index contributed by atoms with van der Waals surface area (Å²) in [5.41, 5.74) is 0.449. The number of sulfonamides is 1. The van der Waals surface area contributed by atoms with Crippen molar-refractivity contribution in [3.05, 3.63) is 41.4 Å². The Labute approximate surface area is 264 Å². The molecule has 0 aromatic carbocycles. The lowest BCUT2D eigenvalue weighted by Crippen LogP contribution is -2.52. The number of anilines is 1. The van der Waals surface area contributed by atoms with Crippen molar-refractivity contribution in [1.29, 1.82) is 0 Å². The van der Waals surface area contributed by atoms with Crippen LogP contribution in [0.2, 0.25) is 0 Å². The van der Waals surface area contributed by atoms with Crippen molar-refractivity contribution in [3.63, 3.8) is 0 Å². The van der Waals surface area contributed by atoms with Crippen molar-refractivity contribution < 1.29 is 31.1 Å². The monoisotopic (exact) mass is 654 g/mol. The molecule has 1 aliphatic carbocycles. The Bertz CT molecular complexity index is 1370. The van der Waals surface area contributed by atoms with Gasteiger partial charge in [0.05, 0.1) is 24.0 Å². The van der Waals surface area contributed by atoms with Crippen LogP contribution in [0.4, 0.5) is 19.0 Å². The van der Waals surface area contributed by atoms with Gasteiger partial charge < -0.3 is 19.9 Å². The van der Waals surface area contributed by atoms with E-state index in [1.54, 1.807) is 13.1 Å². The number of likely N-dealkylation sites (tertiary alicyclic amines) is 2. The van der Waals surface area contributed by atoms with Crippen LogP contribution in [-0.2, 0) is 14.8 Å². The lowest BCUT2D eigenvalue weighted by Gasteiger charge is -2.43. The predicted octanol–water partition coefficient (Wildman–Crippen LogP) is 4.16. The van der Waals surface area contributed by atoms with Gasteiger partial charge in [-0.1, -0.05) is 18.2 Å². The Morgan fingerprint density at radius 2 is 1.80 bits per heavy atom. The summed E-state index contributed by atoms with van der Waals surface area (Å²) in [5, 5.41) is 3.33. The molecule has 0 saturated carbocycles. The smallest absolute Gasteiger partial charge is 0.373 e. The highest BCUT2D eigenvalue weighted by Crippen LogP contribution is 2.35. The first-order valence-corrected chi connectivity index (χ1v) is 17.8. The number of rotatable bonds is 8. The van der Waals surface area contributed by atoms with E-state index in [1.807, 2.05) is 11.8 Å². The third kappa shape index (κ3) is 8.25. The second-order valence-electron chi connectivity index (χ2n) is 12.8. The van der Waals surface area contributed by atoms with Crippen LogP contribution in [0.15, 0.2) is 30.1 Å². The van der Waals surface area contributed by atoms with Crippen molar-refractivity contribution in [2.75, 3.05) is 51.3 Å². The van der Waals surface area contributed by atoms with E-state index in [0.717, 1.165) is 64.1 Å². The second-order valence-corrected chi connectivity index (χ2v) is 14.8. The van der Waals surface area contributed by atoms with E-state index in [-0.39, 0.29) is 30.1 Å². The summed E-state index contributed by atoms with van der Waals surface area (Å²) in [6.45, 7) is 5.27. The summed E-state index contributed by atoms with van der Waals surface area (Å²) in [6, 6.07) is 0.405. The zero-order chi connectivity index (χ0) is 32.4. The van der Waals surface area contributed by atoms with Crippen molar-refractivity contribution in [2.45, 2.75) is 88.8 Å². The number of halogens is 3.